The van der Waals surface area contributed by atoms with E-state index in [1.54, 1.807) is 7.11 Å². The van der Waals surface area contributed by atoms with E-state index in [9.17, 15) is 4.79 Å². The molecule has 1 aliphatic heterocycles. The van der Waals surface area contributed by atoms with E-state index in [-0.39, 0.29) is 17.1 Å². The maximum absolute atomic E-state index is 12.4. The van der Waals surface area contributed by atoms with Gasteiger partial charge in [-0.05, 0) is 51.8 Å². The van der Waals surface area contributed by atoms with Gasteiger partial charge in [-0.1, -0.05) is 30.3 Å². The number of methoxy groups -OCH3 is 1. The number of hydrogen-bond donors (Lipinski definition) is 1. The molecule has 1 aromatic rings. The Morgan fingerprint density at radius 3 is 2.44 bits per heavy atom. The molecule has 0 atom stereocenters. The highest BCUT2D eigenvalue weighted by molar-refractivity contribution is 5.78. The number of urea groups is 1. The molecule has 5 nitrogen and oxygen atoms in total. The third-order valence-electron chi connectivity index (χ3n) is 6.29. The number of nitrogens with zero attached hydrogens (tertiary/aromatic N) is 2. The van der Waals surface area contributed by atoms with Gasteiger partial charge in [0.2, 0.25) is 0 Å². The lowest BCUT2D eigenvalue weighted by Gasteiger charge is -2.51. The zero-order chi connectivity index (χ0) is 17.9. The van der Waals surface area contributed by atoms with Gasteiger partial charge in [0.1, 0.15) is 0 Å². The van der Waals surface area contributed by atoms with Gasteiger partial charge in [-0.15, -0.1) is 0 Å². The van der Waals surface area contributed by atoms with Crippen LogP contribution in [0.15, 0.2) is 30.3 Å². The highest BCUT2D eigenvalue weighted by Crippen LogP contribution is 2.47. The van der Waals surface area contributed by atoms with Crippen LogP contribution in [0.4, 0.5) is 4.79 Å². The Morgan fingerprint density at radius 1 is 1.16 bits per heavy atom. The first-order valence-electron chi connectivity index (χ1n) is 9.31. The first kappa shape index (κ1) is 18.2. The van der Waals surface area contributed by atoms with E-state index in [4.69, 9.17) is 4.74 Å². The van der Waals surface area contributed by atoms with Crippen molar-refractivity contribution in [1.82, 2.24) is 15.1 Å². The summed E-state index contributed by atoms with van der Waals surface area (Å²) in [6.07, 6.45) is 5.10. The first-order chi connectivity index (χ1) is 12.0. The molecule has 0 bridgehead atoms. The summed E-state index contributed by atoms with van der Waals surface area (Å²) in [7, 11) is 6.07. The van der Waals surface area contributed by atoms with Crippen molar-refractivity contribution in [2.75, 3.05) is 40.9 Å². The molecule has 2 fully saturated rings. The fraction of sp³-hybridized carbons (Fsp3) is 0.650. The van der Waals surface area contributed by atoms with Crippen LogP contribution in [0, 0.1) is 0 Å². The molecule has 2 aliphatic rings. The highest BCUT2D eigenvalue weighted by Gasteiger charge is 2.51. The molecule has 1 saturated heterocycles. The second-order valence-corrected chi connectivity index (χ2v) is 7.67. The molecule has 0 aromatic heterocycles. The summed E-state index contributed by atoms with van der Waals surface area (Å²) in [6.45, 7) is 2.25. The van der Waals surface area contributed by atoms with Crippen molar-refractivity contribution >= 4 is 6.03 Å². The van der Waals surface area contributed by atoms with E-state index in [0.717, 1.165) is 45.2 Å². The Morgan fingerprint density at radius 2 is 1.84 bits per heavy atom. The van der Waals surface area contributed by atoms with Crippen LogP contribution in [0.5, 0.6) is 0 Å². The predicted octanol–water partition coefficient (Wildman–Crippen LogP) is 2.82. The molecule has 5 heteroatoms. The minimum atomic E-state index is -0.0287. The summed E-state index contributed by atoms with van der Waals surface area (Å²) in [5.74, 6) is 0. The smallest absolute Gasteiger partial charge is 0.318 e. The molecule has 1 heterocycles. The van der Waals surface area contributed by atoms with Crippen molar-refractivity contribution in [3.05, 3.63) is 35.9 Å². The van der Waals surface area contributed by atoms with Gasteiger partial charge in [-0.2, -0.15) is 0 Å². The number of ether oxygens (including phenoxy) is 1. The molecule has 2 amide bonds. The van der Waals surface area contributed by atoms with Gasteiger partial charge in [0.15, 0.2) is 0 Å². The first-order valence-corrected chi connectivity index (χ1v) is 9.31. The maximum atomic E-state index is 12.4. The van der Waals surface area contributed by atoms with Gasteiger partial charge in [-0.25, -0.2) is 4.79 Å². The summed E-state index contributed by atoms with van der Waals surface area (Å²) in [4.78, 5) is 16.8. The predicted molar refractivity (Wildman–Crippen MR) is 99.6 cm³/mol. The zero-order valence-electron chi connectivity index (χ0n) is 15.8. The third-order valence-corrected chi connectivity index (χ3v) is 6.29. The topological polar surface area (TPSA) is 44.8 Å². The Hall–Kier alpha value is -1.59. The molecular formula is C20H31N3O2. The van der Waals surface area contributed by atoms with Crippen LogP contribution in [0.25, 0.3) is 0 Å². The number of carbonyl (C=O) groups excluding carboxylic acids is 1. The molecule has 1 aliphatic carbocycles. The van der Waals surface area contributed by atoms with Gasteiger partial charge in [0.05, 0.1) is 5.54 Å². The van der Waals surface area contributed by atoms with Crippen LogP contribution < -0.4 is 5.32 Å². The van der Waals surface area contributed by atoms with E-state index in [1.807, 2.05) is 0 Å². The summed E-state index contributed by atoms with van der Waals surface area (Å²) in [5, 5.41) is 3.09. The maximum Gasteiger partial charge on any atom is 0.318 e. The normalized spacial score (nSPS) is 29.4. The van der Waals surface area contributed by atoms with Crippen LogP contribution in [0.2, 0.25) is 0 Å². The van der Waals surface area contributed by atoms with Crippen LogP contribution in [-0.2, 0) is 10.3 Å². The van der Waals surface area contributed by atoms with Crippen molar-refractivity contribution in [2.24, 2.45) is 0 Å². The Labute approximate surface area is 151 Å². The third kappa shape index (κ3) is 3.27. The fourth-order valence-corrected chi connectivity index (χ4v) is 4.67. The standard InChI is InChI=1S/C20H31N3O2/c1-22(2)20(17-8-5-4-6-9-17)12-10-19(11-13-20)16-21-18(24)23(19)14-7-15-25-3/h4-6,8-9H,7,10-16H2,1-3H3,(H,21,24). The molecule has 3 rings (SSSR count). The lowest BCUT2D eigenvalue weighted by Crippen LogP contribution is -2.55. The van der Waals surface area contributed by atoms with Crippen molar-refractivity contribution < 1.29 is 9.53 Å². The van der Waals surface area contributed by atoms with Crippen LogP contribution in [0.1, 0.15) is 37.7 Å². The summed E-state index contributed by atoms with van der Waals surface area (Å²) in [5.41, 5.74) is 1.42. The van der Waals surface area contributed by atoms with Gasteiger partial charge in [-0.3, -0.25) is 4.90 Å². The van der Waals surface area contributed by atoms with Gasteiger partial charge >= 0.3 is 6.03 Å². The van der Waals surface area contributed by atoms with Crippen molar-refractivity contribution in [3.8, 4) is 0 Å². The molecule has 1 spiro atoms. The number of benzene rings is 1. The second-order valence-electron chi connectivity index (χ2n) is 7.67. The van der Waals surface area contributed by atoms with Crippen LogP contribution >= 0.6 is 0 Å². The molecular weight excluding hydrogens is 314 g/mol. The largest absolute Gasteiger partial charge is 0.385 e. The van der Waals surface area contributed by atoms with Gasteiger partial charge < -0.3 is 15.0 Å². The number of carbonyl (C=O) groups is 1. The molecule has 0 unspecified atom stereocenters. The summed E-state index contributed by atoms with van der Waals surface area (Å²) < 4.78 is 5.17. The molecule has 25 heavy (non-hydrogen) atoms. The lowest BCUT2D eigenvalue weighted by atomic mass is 9.68. The number of hydrogen-bond acceptors (Lipinski definition) is 3. The van der Waals surface area contributed by atoms with Crippen molar-refractivity contribution in [3.63, 3.8) is 0 Å². The number of nitrogens with one attached hydrogen (secondary N) is 1. The van der Waals surface area contributed by atoms with Crippen LogP contribution in [-0.4, -0.2) is 62.3 Å². The quantitative estimate of drug-likeness (QED) is 0.807. The minimum Gasteiger partial charge on any atom is -0.385 e. The molecule has 1 N–H and O–H groups in total. The monoisotopic (exact) mass is 345 g/mol. The van der Waals surface area contributed by atoms with Crippen molar-refractivity contribution in [2.45, 2.75) is 43.2 Å². The zero-order valence-corrected chi connectivity index (χ0v) is 15.8. The van der Waals surface area contributed by atoms with E-state index in [0.29, 0.717) is 6.61 Å². The lowest BCUT2D eigenvalue weighted by molar-refractivity contribution is 0.0237. The molecule has 0 radical (unpaired) electrons. The Balaban J connectivity index is 1.78. The van der Waals surface area contributed by atoms with Gasteiger partial charge in [0, 0.05) is 32.3 Å². The fourth-order valence-electron chi connectivity index (χ4n) is 4.67. The summed E-state index contributed by atoms with van der Waals surface area (Å²) >= 11 is 0. The van der Waals surface area contributed by atoms with E-state index < -0.39 is 0 Å². The number of amides is 2. The van der Waals surface area contributed by atoms with E-state index >= 15 is 0 Å². The summed E-state index contributed by atoms with van der Waals surface area (Å²) in [6, 6.07) is 10.9. The Bertz CT molecular complexity index is 580. The van der Waals surface area contributed by atoms with E-state index in [1.165, 1.54) is 5.56 Å². The van der Waals surface area contributed by atoms with E-state index in [2.05, 4.69) is 59.5 Å². The Kier molecular flexibility index (Phi) is 5.35. The molecule has 1 saturated carbocycles. The minimum absolute atomic E-state index is 0.0287. The molecule has 1 aromatic carbocycles. The highest BCUT2D eigenvalue weighted by atomic mass is 16.5. The average Bonchev–Trinajstić information content (AvgIpc) is 2.93. The van der Waals surface area contributed by atoms with Gasteiger partial charge in [0.25, 0.3) is 0 Å². The average molecular weight is 345 g/mol. The number of rotatable bonds is 6. The van der Waals surface area contributed by atoms with Crippen LogP contribution in [0.3, 0.4) is 0 Å². The SMILES string of the molecule is COCCCN1C(=O)NCC12CCC(c1ccccc1)(N(C)C)CC2. The molecule has 138 valence electrons. The second kappa shape index (κ2) is 7.34. The van der Waals surface area contributed by atoms with Crippen molar-refractivity contribution in [1.29, 1.82) is 0 Å².